The zero-order valence-electron chi connectivity index (χ0n) is 12.2. The number of nitrogens with one attached hydrogen (secondary N) is 1. The van der Waals surface area contributed by atoms with Gasteiger partial charge in [0.2, 0.25) is 0 Å². The SMILES string of the molecule is C=C(Nn1c2ccccc2c2ccccc21)c1ccccc1. The van der Waals surface area contributed by atoms with Crippen molar-refractivity contribution in [2.45, 2.75) is 0 Å². The molecule has 1 aromatic heterocycles. The molecule has 0 radical (unpaired) electrons. The van der Waals surface area contributed by atoms with Gasteiger partial charge in [0.1, 0.15) is 0 Å². The lowest BCUT2D eigenvalue weighted by Gasteiger charge is -2.13. The van der Waals surface area contributed by atoms with E-state index in [0.717, 1.165) is 22.3 Å². The zero-order chi connectivity index (χ0) is 14.9. The molecule has 0 amide bonds. The van der Waals surface area contributed by atoms with Crippen molar-refractivity contribution < 1.29 is 0 Å². The number of fused-ring (bicyclic) bond motifs is 3. The topological polar surface area (TPSA) is 17.0 Å². The Morgan fingerprint density at radius 2 is 1.18 bits per heavy atom. The van der Waals surface area contributed by atoms with Crippen LogP contribution in [0.3, 0.4) is 0 Å². The second-order valence-corrected chi connectivity index (χ2v) is 5.33. The molecule has 0 unspecified atom stereocenters. The third-order valence-electron chi connectivity index (χ3n) is 3.95. The molecular formula is C20H16N2. The van der Waals surface area contributed by atoms with E-state index in [4.69, 9.17) is 0 Å². The molecule has 4 aromatic rings. The highest BCUT2D eigenvalue weighted by atomic mass is 15.4. The minimum absolute atomic E-state index is 0.882. The average molecular weight is 284 g/mol. The lowest BCUT2D eigenvalue weighted by Crippen LogP contribution is -2.12. The fourth-order valence-corrected chi connectivity index (χ4v) is 2.88. The number of hydrogen-bond donors (Lipinski definition) is 1. The van der Waals surface area contributed by atoms with Gasteiger partial charge in [-0.05, 0) is 17.7 Å². The van der Waals surface area contributed by atoms with Crippen molar-refractivity contribution in [2.24, 2.45) is 0 Å². The Morgan fingerprint density at radius 1 is 0.682 bits per heavy atom. The molecule has 2 heteroatoms. The predicted octanol–water partition coefficient (Wildman–Crippen LogP) is 5.01. The Bertz CT molecular complexity index is 912. The van der Waals surface area contributed by atoms with Crippen LogP contribution in [0.5, 0.6) is 0 Å². The molecule has 1 N–H and O–H groups in total. The van der Waals surface area contributed by atoms with Gasteiger partial charge >= 0.3 is 0 Å². The van der Waals surface area contributed by atoms with Crippen molar-refractivity contribution in [3.05, 3.63) is 91.0 Å². The van der Waals surface area contributed by atoms with Crippen LogP contribution in [0.4, 0.5) is 0 Å². The van der Waals surface area contributed by atoms with E-state index in [1.165, 1.54) is 10.8 Å². The smallest absolute Gasteiger partial charge is 0.0709 e. The largest absolute Gasteiger partial charge is 0.294 e. The van der Waals surface area contributed by atoms with E-state index >= 15 is 0 Å². The lowest BCUT2D eigenvalue weighted by molar-refractivity contribution is 1.06. The van der Waals surface area contributed by atoms with E-state index in [0.29, 0.717) is 0 Å². The van der Waals surface area contributed by atoms with Crippen LogP contribution in [-0.2, 0) is 0 Å². The quantitative estimate of drug-likeness (QED) is 0.559. The summed E-state index contributed by atoms with van der Waals surface area (Å²) in [5.74, 6) is 0. The van der Waals surface area contributed by atoms with E-state index in [-0.39, 0.29) is 0 Å². The molecule has 3 aromatic carbocycles. The number of rotatable bonds is 3. The second-order valence-electron chi connectivity index (χ2n) is 5.33. The van der Waals surface area contributed by atoms with Crippen molar-refractivity contribution in [1.82, 2.24) is 4.68 Å². The molecular weight excluding hydrogens is 268 g/mol. The first-order valence-corrected chi connectivity index (χ1v) is 7.34. The lowest BCUT2D eigenvalue weighted by atomic mass is 10.2. The highest BCUT2D eigenvalue weighted by molar-refractivity contribution is 6.08. The average Bonchev–Trinajstić information content (AvgIpc) is 2.90. The molecule has 4 rings (SSSR count). The van der Waals surface area contributed by atoms with E-state index < -0.39 is 0 Å². The summed E-state index contributed by atoms with van der Waals surface area (Å²) in [7, 11) is 0. The Balaban J connectivity index is 1.88. The third-order valence-corrected chi connectivity index (χ3v) is 3.95. The standard InChI is InChI=1S/C20H16N2/c1-15(16-9-3-2-4-10-16)21-22-19-13-7-5-11-17(19)18-12-6-8-14-20(18)22/h2-14,21H,1H2. The monoisotopic (exact) mass is 284 g/mol. The molecule has 0 spiro atoms. The summed E-state index contributed by atoms with van der Waals surface area (Å²) >= 11 is 0. The van der Waals surface area contributed by atoms with Crippen LogP contribution < -0.4 is 5.43 Å². The molecule has 0 fully saturated rings. The number of aromatic nitrogens is 1. The minimum Gasteiger partial charge on any atom is -0.294 e. The molecule has 0 aliphatic heterocycles. The maximum Gasteiger partial charge on any atom is 0.0709 e. The van der Waals surface area contributed by atoms with Crippen molar-refractivity contribution >= 4 is 27.5 Å². The van der Waals surface area contributed by atoms with E-state index in [1.54, 1.807) is 0 Å². The van der Waals surface area contributed by atoms with Crippen LogP contribution in [0.15, 0.2) is 85.4 Å². The van der Waals surface area contributed by atoms with Gasteiger partial charge in [-0.2, -0.15) is 0 Å². The molecule has 0 saturated carbocycles. The normalized spacial score (nSPS) is 10.9. The number of nitrogens with zero attached hydrogens (tertiary/aromatic N) is 1. The van der Waals surface area contributed by atoms with Gasteiger partial charge in [-0.3, -0.25) is 10.1 Å². The van der Waals surface area contributed by atoms with E-state index in [1.807, 2.05) is 18.2 Å². The van der Waals surface area contributed by atoms with Crippen molar-refractivity contribution in [3.63, 3.8) is 0 Å². The van der Waals surface area contributed by atoms with Gasteiger partial charge in [0.25, 0.3) is 0 Å². The van der Waals surface area contributed by atoms with Gasteiger partial charge in [0.05, 0.1) is 16.7 Å². The van der Waals surface area contributed by atoms with Gasteiger partial charge in [-0.15, -0.1) is 0 Å². The summed E-state index contributed by atoms with van der Waals surface area (Å²) < 4.78 is 2.11. The predicted molar refractivity (Wildman–Crippen MR) is 94.3 cm³/mol. The fraction of sp³-hybridized carbons (Fsp3) is 0. The summed E-state index contributed by atoms with van der Waals surface area (Å²) in [4.78, 5) is 0. The number of benzene rings is 3. The summed E-state index contributed by atoms with van der Waals surface area (Å²) in [5.41, 5.74) is 7.72. The van der Waals surface area contributed by atoms with Crippen LogP contribution in [-0.4, -0.2) is 4.68 Å². The minimum atomic E-state index is 0.882. The number of para-hydroxylation sites is 2. The second kappa shape index (κ2) is 5.08. The highest BCUT2D eigenvalue weighted by Gasteiger charge is 2.10. The highest BCUT2D eigenvalue weighted by Crippen LogP contribution is 2.28. The van der Waals surface area contributed by atoms with Crippen LogP contribution in [0, 0.1) is 0 Å². The Hall–Kier alpha value is -3.00. The maximum atomic E-state index is 4.18. The summed E-state index contributed by atoms with van der Waals surface area (Å²) in [6, 6.07) is 27.0. The van der Waals surface area contributed by atoms with Crippen molar-refractivity contribution in [1.29, 1.82) is 0 Å². The summed E-state index contributed by atoms with van der Waals surface area (Å²) in [6.07, 6.45) is 0. The first-order chi connectivity index (χ1) is 10.8. The van der Waals surface area contributed by atoms with Gasteiger partial charge in [-0.1, -0.05) is 73.3 Å². The molecule has 0 atom stereocenters. The van der Waals surface area contributed by atoms with Crippen LogP contribution in [0.2, 0.25) is 0 Å². The molecule has 0 bridgehead atoms. The Kier molecular flexibility index (Phi) is 2.94. The van der Waals surface area contributed by atoms with Gasteiger partial charge < -0.3 is 0 Å². The molecule has 0 aliphatic rings. The molecule has 22 heavy (non-hydrogen) atoms. The van der Waals surface area contributed by atoms with Crippen molar-refractivity contribution in [3.8, 4) is 0 Å². The molecule has 1 heterocycles. The van der Waals surface area contributed by atoms with E-state index in [9.17, 15) is 0 Å². The number of hydrogen-bond acceptors (Lipinski definition) is 1. The third kappa shape index (κ3) is 1.97. The molecule has 0 aliphatic carbocycles. The fourth-order valence-electron chi connectivity index (χ4n) is 2.88. The van der Waals surface area contributed by atoms with Crippen LogP contribution in [0.25, 0.3) is 27.5 Å². The first-order valence-electron chi connectivity index (χ1n) is 7.34. The Labute approximate surface area is 129 Å². The molecule has 2 nitrogen and oxygen atoms in total. The zero-order valence-corrected chi connectivity index (χ0v) is 12.2. The van der Waals surface area contributed by atoms with Crippen LogP contribution in [0.1, 0.15) is 5.56 Å². The summed E-state index contributed by atoms with van der Waals surface area (Å²) in [5, 5.41) is 2.48. The maximum absolute atomic E-state index is 4.18. The van der Waals surface area contributed by atoms with Gasteiger partial charge in [-0.25, -0.2) is 0 Å². The van der Waals surface area contributed by atoms with Gasteiger partial charge in [0.15, 0.2) is 0 Å². The van der Waals surface area contributed by atoms with Crippen molar-refractivity contribution in [2.75, 3.05) is 5.43 Å². The molecule has 0 saturated heterocycles. The van der Waals surface area contributed by atoms with E-state index in [2.05, 4.69) is 77.3 Å². The Morgan fingerprint density at radius 3 is 1.77 bits per heavy atom. The summed E-state index contributed by atoms with van der Waals surface area (Å²) in [6.45, 7) is 4.18. The van der Waals surface area contributed by atoms with Gasteiger partial charge in [0, 0.05) is 10.8 Å². The molecule has 106 valence electrons. The first kappa shape index (κ1) is 12.7. The van der Waals surface area contributed by atoms with Crippen LogP contribution >= 0.6 is 0 Å².